The van der Waals surface area contributed by atoms with Gasteiger partial charge in [0, 0.05) is 16.7 Å². The molecule has 0 spiro atoms. The van der Waals surface area contributed by atoms with Gasteiger partial charge in [-0.3, -0.25) is 5.32 Å². The minimum Gasteiger partial charge on any atom is -0.350 e. The van der Waals surface area contributed by atoms with Crippen LogP contribution < -0.4 is 10.6 Å². The van der Waals surface area contributed by atoms with Crippen molar-refractivity contribution in [3.63, 3.8) is 0 Å². The molecule has 4 nitrogen and oxygen atoms in total. The second-order valence-corrected chi connectivity index (χ2v) is 12.0. The summed E-state index contributed by atoms with van der Waals surface area (Å²) in [7, 11) is 0. The van der Waals surface area contributed by atoms with E-state index in [1.165, 1.54) is 5.56 Å². The maximum atomic E-state index is 5.17. The Labute approximate surface area is 281 Å². The van der Waals surface area contributed by atoms with E-state index in [0.29, 0.717) is 0 Å². The van der Waals surface area contributed by atoms with E-state index in [1.807, 2.05) is 18.2 Å². The molecule has 1 aromatic heterocycles. The molecule has 1 aliphatic heterocycles. The van der Waals surface area contributed by atoms with E-state index in [0.717, 1.165) is 61.7 Å². The van der Waals surface area contributed by atoms with Crippen LogP contribution in [0.25, 0.3) is 44.8 Å². The Kier molecular flexibility index (Phi) is 8.14. The van der Waals surface area contributed by atoms with Crippen molar-refractivity contribution in [1.29, 1.82) is 0 Å². The summed E-state index contributed by atoms with van der Waals surface area (Å²) < 4.78 is 0. The van der Waals surface area contributed by atoms with E-state index < -0.39 is 0 Å². The fourth-order valence-electron chi connectivity index (χ4n) is 6.27. The lowest BCUT2D eigenvalue weighted by molar-refractivity contribution is 0.409. The topological polar surface area (TPSA) is 49.3 Å². The molecule has 2 atom stereocenters. The van der Waals surface area contributed by atoms with Gasteiger partial charge in [-0.25, -0.2) is 9.98 Å². The Morgan fingerprint density at radius 2 is 0.875 bits per heavy atom. The second kappa shape index (κ2) is 13.3. The molecule has 0 fully saturated rings. The van der Waals surface area contributed by atoms with Gasteiger partial charge in [-0.15, -0.1) is 0 Å². The van der Waals surface area contributed by atoms with Crippen molar-refractivity contribution in [2.45, 2.75) is 12.3 Å². The van der Waals surface area contributed by atoms with Crippen molar-refractivity contribution in [2.24, 2.45) is 4.99 Å². The first-order valence-corrected chi connectivity index (χ1v) is 16.3. The van der Waals surface area contributed by atoms with Crippen molar-refractivity contribution >= 4 is 5.84 Å². The molecular weight excluding hydrogens is 585 g/mol. The van der Waals surface area contributed by atoms with E-state index in [-0.39, 0.29) is 12.3 Å². The lowest BCUT2D eigenvalue weighted by Crippen LogP contribution is -2.44. The summed E-state index contributed by atoms with van der Waals surface area (Å²) in [6, 6.07) is 63.5. The van der Waals surface area contributed by atoms with Crippen molar-refractivity contribution < 1.29 is 0 Å². The van der Waals surface area contributed by atoms with Gasteiger partial charge in [0.05, 0.1) is 11.4 Å². The predicted molar refractivity (Wildman–Crippen MR) is 197 cm³/mol. The maximum absolute atomic E-state index is 5.17. The van der Waals surface area contributed by atoms with E-state index >= 15 is 0 Å². The van der Waals surface area contributed by atoms with Gasteiger partial charge >= 0.3 is 0 Å². The van der Waals surface area contributed by atoms with Crippen molar-refractivity contribution in [3.05, 3.63) is 199 Å². The number of nitrogens with one attached hydrogen (secondary N) is 2. The molecule has 2 unspecified atom stereocenters. The monoisotopic (exact) mass is 618 g/mol. The Balaban J connectivity index is 1.15. The molecule has 48 heavy (non-hydrogen) atoms. The Morgan fingerprint density at radius 3 is 1.56 bits per heavy atom. The first kappa shape index (κ1) is 29.3. The third-order valence-corrected chi connectivity index (χ3v) is 8.74. The number of aromatic nitrogens is 1. The molecule has 0 radical (unpaired) electrons. The number of rotatable bonds is 7. The van der Waals surface area contributed by atoms with Crippen molar-refractivity contribution in [3.8, 4) is 44.8 Å². The van der Waals surface area contributed by atoms with E-state index in [1.54, 1.807) is 0 Å². The van der Waals surface area contributed by atoms with Crippen molar-refractivity contribution in [2.75, 3.05) is 0 Å². The molecule has 230 valence electrons. The van der Waals surface area contributed by atoms with Gasteiger partial charge in [0.1, 0.15) is 18.2 Å². The van der Waals surface area contributed by atoms with Gasteiger partial charge in [-0.1, -0.05) is 158 Å². The second-order valence-electron chi connectivity index (χ2n) is 12.0. The molecule has 0 saturated heterocycles. The van der Waals surface area contributed by atoms with Gasteiger partial charge in [-0.05, 0) is 57.6 Å². The van der Waals surface area contributed by atoms with Crippen LogP contribution >= 0.6 is 0 Å². The smallest absolute Gasteiger partial charge is 0.131 e. The van der Waals surface area contributed by atoms with Crippen LogP contribution in [0.2, 0.25) is 0 Å². The molecule has 2 heterocycles. The zero-order valence-corrected chi connectivity index (χ0v) is 26.4. The summed E-state index contributed by atoms with van der Waals surface area (Å²) in [5.74, 6) is 0.874. The summed E-state index contributed by atoms with van der Waals surface area (Å²) in [5.41, 5.74) is 12.0. The largest absolute Gasteiger partial charge is 0.350 e. The summed E-state index contributed by atoms with van der Waals surface area (Å²) in [4.78, 5) is 10.2. The molecule has 4 heteroatoms. The Bertz CT molecular complexity index is 2120. The average molecular weight is 619 g/mol. The van der Waals surface area contributed by atoms with E-state index in [2.05, 4.69) is 174 Å². The third kappa shape index (κ3) is 6.30. The maximum Gasteiger partial charge on any atom is 0.131 e. The normalized spacial score (nSPS) is 15.7. The zero-order valence-electron chi connectivity index (χ0n) is 26.4. The Hall–Kier alpha value is -6.10. The SMILES string of the molecule is c1ccc(C2=NC(c3ccccc3)NC(c3cccc(-c4cccc(-c5cc(-c6ccccc6)cc(-c6ccccc6)n5)c4)c3)N2)cc1. The summed E-state index contributed by atoms with van der Waals surface area (Å²) >= 11 is 0. The fourth-order valence-corrected chi connectivity index (χ4v) is 6.27. The van der Waals surface area contributed by atoms with E-state index in [4.69, 9.17) is 9.98 Å². The fraction of sp³-hybridized carbons (Fsp3) is 0.0455. The van der Waals surface area contributed by atoms with E-state index in [9.17, 15) is 0 Å². The van der Waals surface area contributed by atoms with Crippen LogP contribution in [0.4, 0.5) is 0 Å². The summed E-state index contributed by atoms with van der Waals surface area (Å²) in [6.45, 7) is 0. The average Bonchev–Trinajstić information content (AvgIpc) is 3.19. The highest BCUT2D eigenvalue weighted by Crippen LogP contribution is 2.33. The van der Waals surface area contributed by atoms with Gasteiger partial charge < -0.3 is 5.32 Å². The van der Waals surface area contributed by atoms with Gasteiger partial charge in [-0.2, -0.15) is 0 Å². The van der Waals surface area contributed by atoms with Crippen molar-refractivity contribution in [1.82, 2.24) is 15.6 Å². The highest BCUT2D eigenvalue weighted by atomic mass is 15.3. The summed E-state index contributed by atoms with van der Waals surface area (Å²) in [6.07, 6.45) is -0.315. The Morgan fingerprint density at radius 1 is 0.375 bits per heavy atom. The molecule has 2 N–H and O–H groups in total. The molecule has 8 rings (SSSR count). The molecule has 1 aliphatic rings. The molecule has 7 aromatic rings. The highest BCUT2D eigenvalue weighted by molar-refractivity contribution is 5.99. The first-order chi connectivity index (χ1) is 23.8. The molecule has 0 bridgehead atoms. The number of aliphatic imine (C=N–C) groups is 1. The number of benzene rings is 6. The molecule has 0 aliphatic carbocycles. The van der Waals surface area contributed by atoms with Gasteiger partial charge in [0.25, 0.3) is 0 Å². The van der Waals surface area contributed by atoms with Gasteiger partial charge in [0.15, 0.2) is 0 Å². The standard InChI is InChI=1S/C44H34N4/c1-5-15-31(16-6-1)39-29-40(32-17-7-2-8-18-32)45-41(30-39)37-25-13-23-35(27-37)36-24-14-26-38(28-36)44-47-42(33-19-9-3-10-20-33)46-43(48-44)34-21-11-4-12-22-34/h1-30,42,44,47H,(H,46,48). The third-order valence-electron chi connectivity index (χ3n) is 8.74. The highest BCUT2D eigenvalue weighted by Gasteiger charge is 2.25. The minimum atomic E-state index is -0.179. The zero-order chi connectivity index (χ0) is 32.1. The number of hydrogen-bond donors (Lipinski definition) is 2. The quantitative estimate of drug-likeness (QED) is 0.187. The lowest BCUT2D eigenvalue weighted by atomic mass is 9.96. The summed E-state index contributed by atoms with van der Waals surface area (Å²) in [5, 5.41) is 7.41. The molecule has 6 aromatic carbocycles. The lowest BCUT2D eigenvalue weighted by Gasteiger charge is -2.32. The van der Waals surface area contributed by atoms with Crippen LogP contribution in [0.3, 0.4) is 0 Å². The molecular formula is C44H34N4. The van der Waals surface area contributed by atoms with Crippen LogP contribution in [-0.2, 0) is 0 Å². The number of nitrogens with zero attached hydrogens (tertiary/aromatic N) is 2. The number of hydrogen-bond acceptors (Lipinski definition) is 4. The minimum absolute atomic E-state index is 0.135. The van der Waals surface area contributed by atoms with Crippen LogP contribution in [0.1, 0.15) is 29.0 Å². The van der Waals surface area contributed by atoms with Crippen LogP contribution in [0.15, 0.2) is 187 Å². The molecule has 0 amide bonds. The first-order valence-electron chi connectivity index (χ1n) is 16.3. The van der Waals surface area contributed by atoms with Crippen LogP contribution in [0.5, 0.6) is 0 Å². The van der Waals surface area contributed by atoms with Gasteiger partial charge in [0.2, 0.25) is 0 Å². The number of pyridine rings is 1. The van der Waals surface area contributed by atoms with Crippen LogP contribution in [-0.4, -0.2) is 10.8 Å². The van der Waals surface area contributed by atoms with Crippen LogP contribution in [0, 0.1) is 0 Å². The number of amidine groups is 1. The molecule has 0 saturated carbocycles. The predicted octanol–water partition coefficient (Wildman–Crippen LogP) is 10.1.